The fourth-order valence-corrected chi connectivity index (χ4v) is 2.12. The molecule has 0 aromatic heterocycles. The van der Waals surface area contributed by atoms with Gasteiger partial charge >= 0.3 is 0 Å². The van der Waals surface area contributed by atoms with E-state index in [0.717, 1.165) is 0 Å². The standard InChI is InChI=1S/C15H28O/c1-2-3-4-5-6-7-8-9-10-11-12-13-15-14-16-15/h14H,2-13H2,1H3. The Labute approximate surface area is 101 Å². The van der Waals surface area contributed by atoms with E-state index in [2.05, 4.69) is 6.92 Å². The summed E-state index contributed by atoms with van der Waals surface area (Å²) >= 11 is 0. The van der Waals surface area contributed by atoms with Gasteiger partial charge < -0.3 is 4.74 Å². The highest BCUT2D eigenvalue weighted by molar-refractivity contribution is 5.01. The molecule has 0 aliphatic carbocycles. The van der Waals surface area contributed by atoms with Gasteiger partial charge in [0.25, 0.3) is 0 Å². The van der Waals surface area contributed by atoms with Crippen molar-refractivity contribution >= 4 is 0 Å². The van der Waals surface area contributed by atoms with Gasteiger partial charge in [-0.2, -0.15) is 0 Å². The summed E-state index contributed by atoms with van der Waals surface area (Å²) in [6.45, 7) is 2.28. The molecule has 0 fully saturated rings. The van der Waals surface area contributed by atoms with Crippen LogP contribution in [0.25, 0.3) is 0 Å². The number of ether oxygens (including phenoxy) is 1. The van der Waals surface area contributed by atoms with Crippen LogP contribution in [0, 0.1) is 0 Å². The molecule has 0 N–H and O–H groups in total. The summed E-state index contributed by atoms with van der Waals surface area (Å²) in [5.74, 6) is 1.22. The van der Waals surface area contributed by atoms with Crippen molar-refractivity contribution in [3.05, 3.63) is 12.0 Å². The van der Waals surface area contributed by atoms with E-state index >= 15 is 0 Å². The minimum atomic E-state index is 1.18. The quantitative estimate of drug-likeness (QED) is 0.395. The number of hydrogen-bond acceptors (Lipinski definition) is 1. The van der Waals surface area contributed by atoms with Crippen molar-refractivity contribution in [2.24, 2.45) is 0 Å². The van der Waals surface area contributed by atoms with E-state index in [-0.39, 0.29) is 0 Å². The van der Waals surface area contributed by atoms with Crippen LogP contribution in [0.2, 0.25) is 0 Å². The van der Waals surface area contributed by atoms with Gasteiger partial charge in [-0.3, -0.25) is 0 Å². The predicted molar refractivity (Wildman–Crippen MR) is 70.2 cm³/mol. The van der Waals surface area contributed by atoms with Gasteiger partial charge in [0, 0.05) is 6.42 Å². The molecular formula is C15H28O. The Kier molecular flexibility index (Phi) is 8.28. The van der Waals surface area contributed by atoms with E-state index in [1.807, 2.05) is 6.26 Å². The monoisotopic (exact) mass is 224 g/mol. The average Bonchev–Trinajstić information content (AvgIpc) is 3.10. The molecule has 0 amide bonds. The fourth-order valence-electron chi connectivity index (χ4n) is 2.12. The van der Waals surface area contributed by atoms with Gasteiger partial charge in [0.05, 0.1) is 0 Å². The number of allylic oxidation sites excluding steroid dienone is 1. The second kappa shape index (κ2) is 9.74. The van der Waals surface area contributed by atoms with Gasteiger partial charge in [0.2, 0.25) is 0 Å². The smallest absolute Gasteiger partial charge is 0.138 e. The molecule has 0 unspecified atom stereocenters. The normalized spacial score (nSPS) is 13.4. The largest absolute Gasteiger partial charge is 0.463 e. The third-order valence-electron chi connectivity index (χ3n) is 3.31. The van der Waals surface area contributed by atoms with Gasteiger partial charge in [-0.15, -0.1) is 0 Å². The second-order valence-electron chi connectivity index (χ2n) is 4.99. The molecule has 0 saturated heterocycles. The molecule has 1 aliphatic rings. The lowest BCUT2D eigenvalue weighted by molar-refractivity contribution is 0.469. The summed E-state index contributed by atoms with van der Waals surface area (Å²) in [7, 11) is 0. The Morgan fingerprint density at radius 1 is 0.750 bits per heavy atom. The summed E-state index contributed by atoms with van der Waals surface area (Å²) in [5.41, 5.74) is 0. The zero-order chi connectivity index (χ0) is 11.5. The van der Waals surface area contributed by atoms with Crippen molar-refractivity contribution in [3.8, 4) is 0 Å². The maximum atomic E-state index is 4.99. The maximum absolute atomic E-state index is 4.99. The SMILES string of the molecule is CCCCCCCCCCCCCC1=CO1. The minimum absolute atomic E-state index is 1.18. The molecule has 1 heterocycles. The first-order valence-corrected chi connectivity index (χ1v) is 7.29. The maximum Gasteiger partial charge on any atom is 0.138 e. The summed E-state index contributed by atoms with van der Waals surface area (Å²) in [6.07, 6.45) is 18.7. The Balaban J connectivity index is 1.63. The number of rotatable bonds is 12. The zero-order valence-corrected chi connectivity index (χ0v) is 11.0. The highest BCUT2D eigenvalue weighted by Gasteiger charge is 2.07. The molecule has 0 aromatic rings. The first-order valence-electron chi connectivity index (χ1n) is 7.29. The second-order valence-corrected chi connectivity index (χ2v) is 4.99. The van der Waals surface area contributed by atoms with Gasteiger partial charge in [0.15, 0.2) is 0 Å². The van der Waals surface area contributed by atoms with E-state index in [4.69, 9.17) is 4.74 Å². The van der Waals surface area contributed by atoms with Crippen LogP contribution in [0.15, 0.2) is 12.0 Å². The Bertz CT molecular complexity index is 184. The van der Waals surface area contributed by atoms with Crippen LogP contribution in [0.1, 0.15) is 84.0 Å². The van der Waals surface area contributed by atoms with Crippen molar-refractivity contribution in [3.63, 3.8) is 0 Å². The lowest BCUT2D eigenvalue weighted by atomic mass is 10.1. The van der Waals surface area contributed by atoms with Gasteiger partial charge in [-0.05, 0) is 6.42 Å². The van der Waals surface area contributed by atoms with E-state index in [0.29, 0.717) is 0 Å². The van der Waals surface area contributed by atoms with E-state index in [1.54, 1.807) is 0 Å². The third kappa shape index (κ3) is 8.82. The van der Waals surface area contributed by atoms with Crippen LogP contribution < -0.4 is 0 Å². The summed E-state index contributed by atoms with van der Waals surface area (Å²) in [5, 5.41) is 0. The molecule has 1 aliphatic heterocycles. The molecule has 1 heteroatoms. The molecule has 0 bridgehead atoms. The third-order valence-corrected chi connectivity index (χ3v) is 3.31. The molecule has 0 aromatic carbocycles. The summed E-state index contributed by atoms with van der Waals surface area (Å²) in [4.78, 5) is 0. The van der Waals surface area contributed by atoms with Crippen LogP contribution in [-0.4, -0.2) is 0 Å². The van der Waals surface area contributed by atoms with Crippen molar-refractivity contribution in [2.45, 2.75) is 84.0 Å². The first-order chi connectivity index (χ1) is 7.93. The lowest BCUT2D eigenvalue weighted by Crippen LogP contribution is -1.82. The highest BCUT2D eigenvalue weighted by atomic mass is 16.5. The van der Waals surface area contributed by atoms with Crippen LogP contribution in [0.4, 0.5) is 0 Å². The number of unbranched alkanes of at least 4 members (excludes halogenated alkanes) is 10. The molecule has 1 rings (SSSR count). The molecular weight excluding hydrogens is 196 g/mol. The summed E-state index contributed by atoms with van der Waals surface area (Å²) in [6, 6.07) is 0. The van der Waals surface area contributed by atoms with Crippen molar-refractivity contribution in [1.82, 2.24) is 0 Å². The molecule has 16 heavy (non-hydrogen) atoms. The molecule has 0 radical (unpaired) electrons. The van der Waals surface area contributed by atoms with Crippen LogP contribution in [-0.2, 0) is 4.74 Å². The Morgan fingerprint density at radius 3 is 1.62 bits per heavy atom. The molecule has 94 valence electrons. The predicted octanol–water partition coefficient (Wildman–Crippen LogP) is 5.56. The van der Waals surface area contributed by atoms with E-state index in [9.17, 15) is 0 Å². The van der Waals surface area contributed by atoms with Crippen LogP contribution >= 0.6 is 0 Å². The zero-order valence-electron chi connectivity index (χ0n) is 11.0. The fraction of sp³-hybridized carbons (Fsp3) is 0.867. The Hall–Kier alpha value is -0.460. The molecule has 0 spiro atoms. The first kappa shape index (κ1) is 13.6. The minimum Gasteiger partial charge on any atom is -0.463 e. The Morgan fingerprint density at radius 2 is 1.19 bits per heavy atom. The van der Waals surface area contributed by atoms with Crippen molar-refractivity contribution in [1.29, 1.82) is 0 Å². The number of hydrogen-bond donors (Lipinski definition) is 0. The van der Waals surface area contributed by atoms with Gasteiger partial charge in [0.1, 0.15) is 12.0 Å². The van der Waals surface area contributed by atoms with Crippen molar-refractivity contribution < 1.29 is 4.74 Å². The lowest BCUT2D eigenvalue weighted by Gasteiger charge is -2.01. The van der Waals surface area contributed by atoms with E-state index < -0.39 is 0 Å². The van der Waals surface area contributed by atoms with Crippen molar-refractivity contribution in [2.75, 3.05) is 0 Å². The average molecular weight is 224 g/mol. The van der Waals surface area contributed by atoms with E-state index in [1.165, 1.54) is 82.8 Å². The highest BCUT2D eigenvalue weighted by Crippen LogP contribution is 2.21. The van der Waals surface area contributed by atoms with Crippen LogP contribution in [0.3, 0.4) is 0 Å². The molecule has 1 nitrogen and oxygen atoms in total. The molecule has 0 atom stereocenters. The van der Waals surface area contributed by atoms with Gasteiger partial charge in [-0.25, -0.2) is 0 Å². The van der Waals surface area contributed by atoms with Gasteiger partial charge in [-0.1, -0.05) is 71.1 Å². The topological polar surface area (TPSA) is 12.5 Å². The molecule has 0 saturated carbocycles. The summed E-state index contributed by atoms with van der Waals surface area (Å²) < 4.78 is 4.99. The van der Waals surface area contributed by atoms with Crippen LogP contribution in [0.5, 0.6) is 0 Å².